The average Bonchev–Trinajstić information content (AvgIpc) is 2.67. The third-order valence-corrected chi connectivity index (χ3v) is 1.49. The Balaban J connectivity index is 2.41. The van der Waals surface area contributed by atoms with E-state index in [1.165, 1.54) is 12.4 Å². The van der Waals surface area contributed by atoms with Crippen molar-refractivity contribution in [3.05, 3.63) is 30.4 Å². The average molecular weight is 175 g/mol. The number of hydrogen-bond donors (Lipinski definition) is 0. The first-order valence-corrected chi connectivity index (χ1v) is 3.58. The van der Waals surface area contributed by atoms with Crippen molar-refractivity contribution in [3.63, 3.8) is 0 Å². The van der Waals surface area contributed by atoms with E-state index in [1.807, 2.05) is 0 Å². The fourth-order valence-electron chi connectivity index (χ4n) is 0.908. The van der Waals surface area contributed by atoms with E-state index in [0.717, 1.165) is 0 Å². The minimum absolute atomic E-state index is 0.189. The van der Waals surface area contributed by atoms with Crippen LogP contribution in [0.2, 0.25) is 0 Å². The molecule has 2 heterocycles. The number of carbonyl (C=O) groups excluding carboxylic acids is 1. The molecule has 0 aromatic carbocycles. The van der Waals surface area contributed by atoms with E-state index >= 15 is 0 Å². The molecule has 0 N–H and O–H groups in total. The summed E-state index contributed by atoms with van der Waals surface area (Å²) in [4.78, 5) is 18.0. The Hall–Kier alpha value is -2.04. The second-order valence-electron chi connectivity index (χ2n) is 2.33. The van der Waals surface area contributed by atoms with Gasteiger partial charge in [0.2, 0.25) is 0 Å². The van der Waals surface area contributed by atoms with Crippen LogP contribution in [0.25, 0.3) is 11.4 Å². The number of aldehydes is 1. The van der Waals surface area contributed by atoms with Gasteiger partial charge >= 0.3 is 0 Å². The largest absolute Gasteiger partial charge is 0.353 e. The third-order valence-electron chi connectivity index (χ3n) is 1.49. The Labute approximate surface area is 73.4 Å². The number of carbonyl (C=O) groups is 1. The molecule has 0 aliphatic carbocycles. The molecular weight excluding hydrogens is 170 g/mol. The summed E-state index contributed by atoms with van der Waals surface area (Å²) in [5.74, 6) is 0.189. The third kappa shape index (κ3) is 1.44. The van der Waals surface area contributed by atoms with Crippen LogP contribution in [0.15, 0.2) is 29.2 Å². The first kappa shape index (κ1) is 7.60. The van der Waals surface area contributed by atoms with Gasteiger partial charge in [-0.25, -0.2) is 9.97 Å². The van der Waals surface area contributed by atoms with Gasteiger partial charge in [-0.1, -0.05) is 5.16 Å². The molecule has 0 amide bonds. The van der Waals surface area contributed by atoms with Crippen LogP contribution in [-0.2, 0) is 0 Å². The zero-order chi connectivity index (χ0) is 9.10. The molecule has 0 spiro atoms. The molecule has 0 aliphatic heterocycles. The van der Waals surface area contributed by atoms with E-state index < -0.39 is 0 Å². The highest BCUT2D eigenvalue weighted by Crippen LogP contribution is 2.13. The van der Waals surface area contributed by atoms with E-state index in [2.05, 4.69) is 19.6 Å². The lowest BCUT2D eigenvalue weighted by atomic mass is 10.3. The Bertz CT molecular complexity index is 410. The normalized spacial score (nSPS) is 9.85. The molecule has 0 radical (unpaired) electrons. The van der Waals surface area contributed by atoms with Gasteiger partial charge in [0.1, 0.15) is 12.0 Å². The molecule has 0 atom stereocenters. The van der Waals surface area contributed by atoms with Crippen LogP contribution < -0.4 is 0 Å². The van der Waals surface area contributed by atoms with Gasteiger partial charge in [-0.15, -0.1) is 0 Å². The lowest BCUT2D eigenvalue weighted by Gasteiger charge is -1.89. The molecule has 0 bridgehead atoms. The zero-order valence-corrected chi connectivity index (χ0v) is 6.54. The van der Waals surface area contributed by atoms with Crippen molar-refractivity contribution in [2.45, 2.75) is 0 Å². The fourth-order valence-corrected chi connectivity index (χ4v) is 0.908. The highest BCUT2D eigenvalue weighted by molar-refractivity contribution is 5.73. The fraction of sp³-hybridized carbons (Fsp3) is 0. The quantitative estimate of drug-likeness (QED) is 0.635. The first-order valence-electron chi connectivity index (χ1n) is 3.58. The van der Waals surface area contributed by atoms with Crippen molar-refractivity contribution in [2.75, 3.05) is 0 Å². The number of rotatable bonds is 2. The lowest BCUT2D eigenvalue weighted by Crippen LogP contribution is -1.82. The Morgan fingerprint density at radius 1 is 1.38 bits per heavy atom. The molecule has 0 saturated heterocycles. The Morgan fingerprint density at radius 3 is 2.92 bits per heavy atom. The van der Waals surface area contributed by atoms with Crippen LogP contribution in [-0.4, -0.2) is 21.4 Å². The van der Waals surface area contributed by atoms with Crippen LogP contribution in [0.4, 0.5) is 0 Å². The van der Waals surface area contributed by atoms with Gasteiger partial charge in [-0.2, -0.15) is 0 Å². The van der Waals surface area contributed by atoms with Crippen molar-refractivity contribution >= 4 is 6.29 Å². The first-order chi connectivity index (χ1) is 6.40. The van der Waals surface area contributed by atoms with Crippen LogP contribution in [0.1, 0.15) is 10.6 Å². The molecule has 0 fully saturated rings. The maximum Gasteiger partial charge on any atom is 0.199 e. The zero-order valence-electron chi connectivity index (χ0n) is 6.54. The van der Waals surface area contributed by atoms with Gasteiger partial charge in [0.15, 0.2) is 12.0 Å². The second kappa shape index (κ2) is 3.14. The van der Waals surface area contributed by atoms with E-state index in [0.29, 0.717) is 17.7 Å². The molecule has 0 aliphatic rings. The summed E-state index contributed by atoms with van der Waals surface area (Å²) in [6, 6.07) is 3.21. The van der Waals surface area contributed by atoms with Crippen LogP contribution in [0, 0.1) is 0 Å². The van der Waals surface area contributed by atoms with Gasteiger partial charge in [-0.3, -0.25) is 4.79 Å². The molecule has 64 valence electrons. The summed E-state index contributed by atoms with van der Waals surface area (Å²) in [5.41, 5.74) is 1.16. The van der Waals surface area contributed by atoms with Crippen LogP contribution in [0.3, 0.4) is 0 Å². The summed E-state index contributed by atoms with van der Waals surface area (Å²) in [6.45, 7) is 0. The van der Waals surface area contributed by atoms with Gasteiger partial charge < -0.3 is 4.52 Å². The smallest absolute Gasteiger partial charge is 0.199 e. The molecule has 2 rings (SSSR count). The Morgan fingerprint density at radius 2 is 2.31 bits per heavy atom. The van der Waals surface area contributed by atoms with Crippen molar-refractivity contribution in [3.8, 4) is 11.4 Å². The molecular formula is C8H5N3O2. The number of hydrogen-bond acceptors (Lipinski definition) is 5. The van der Waals surface area contributed by atoms with Gasteiger partial charge in [0.25, 0.3) is 0 Å². The molecule has 2 aromatic rings. The minimum Gasteiger partial charge on any atom is -0.353 e. The Kier molecular flexibility index (Phi) is 1.84. The topological polar surface area (TPSA) is 68.9 Å². The van der Waals surface area contributed by atoms with Crippen LogP contribution in [0.5, 0.6) is 0 Å². The van der Waals surface area contributed by atoms with Gasteiger partial charge in [-0.05, 0) is 6.07 Å². The van der Waals surface area contributed by atoms with E-state index in [9.17, 15) is 4.79 Å². The second-order valence-corrected chi connectivity index (χ2v) is 2.33. The molecule has 0 unspecified atom stereocenters. The SMILES string of the molecule is O=Cc1cc(-c2ccncn2)no1. The van der Waals surface area contributed by atoms with E-state index in [-0.39, 0.29) is 5.76 Å². The minimum atomic E-state index is 0.189. The van der Waals surface area contributed by atoms with Crippen LogP contribution >= 0.6 is 0 Å². The molecule has 2 aromatic heterocycles. The van der Waals surface area contributed by atoms with E-state index in [1.54, 1.807) is 12.3 Å². The number of aromatic nitrogens is 3. The van der Waals surface area contributed by atoms with E-state index in [4.69, 9.17) is 0 Å². The molecule has 5 nitrogen and oxygen atoms in total. The van der Waals surface area contributed by atoms with Gasteiger partial charge in [0.05, 0.1) is 5.69 Å². The van der Waals surface area contributed by atoms with Crippen molar-refractivity contribution in [2.24, 2.45) is 0 Å². The predicted octanol–water partition coefficient (Wildman–Crippen LogP) is 0.944. The molecule has 13 heavy (non-hydrogen) atoms. The highest BCUT2D eigenvalue weighted by atomic mass is 16.5. The van der Waals surface area contributed by atoms with Gasteiger partial charge in [0, 0.05) is 12.3 Å². The van der Waals surface area contributed by atoms with Crippen molar-refractivity contribution in [1.29, 1.82) is 0 Å². The number of nitrogens with zero attached hydrogens (tertiary/aromatic N) is 3. The maximum atomic E-state index is 10.3. The van der Waals surface area contributed by atoms with Crippen molar-refractivity contribution in [1.82, 2.24) is 15.1 Å². The highest BCUT2D eigenvalue weighted by Gasteiger charge is 2.05. The molecule has 0 saturated carbocycles. The summed E-state index contributed by atoms with van der Waals surface area (Å²) in [5, 5.41) is 3.66. The maximum absolute atomic E-state index is 10.3. The summed E-state index contributed by atoms with van der Waals surface area (Å²) in [7, 11) is 0. The monoisotopic (exact) mass is 175 g/mol. The summed E-state index contributed by atoms with van der Waals surface area (Å²) >= 11 is 0. The standard InChI is InChI=1S/C8H5N3O2/c12-4-6-3-8(11-13-6)7-1-2-9-5-10-7/h1-5H. The molecule has 5 heteroatoms. The lowest BCUT2D eigenvalue weighted by molar-refractivity contribution is 0.109. The predicted molar refractivity (Wildman–Crippen MR) is 42.9 cm³/mol. The van der Waals surface area contributed by atoms with Crippen molar-refractivity contribution < 1.29 is 9.32 Å². The summed E-state index contributed by atoms with van der Waals surface area (Å²) in [6.07, 6.45) is 3.60. The summed E-state index contributed by atoms with van der Waals surface area (Å²) < 4.78 is 4.69.